The number of likely N-dealkylation sites (tertiary alicyclic amines) is 1. The maximum absolute atomic E-state index is 12.8. The van der Waals surface area contributed by atoms with Crippen molar-refractivity contribution >= 4 is 15.9 Å². The number of amides is 1. The van der Waals surface area contributed by atoms with Gasteiger partial charge in [-0.3, -0.25) is 4.79 Å². The number of nitrogens with zero attached hydrogens (tertiary/aromatic N) is 2. The molecule has 3 rings (SSSR count). The van der Waals surface area contributed by atoms with Crippen molar-refractivity contribution in [1.29, 1.82) is 0 Å². The minimum atomic E-state index is -3.69. The maximum atomic E-state index is 12.8. The number of aromatic nitrogens is 1. The fourth-order valence-electron chi connectivity index (χ4n) is 3.12. The van der Waals surface area contributed by atoms with Crippen LogP contribution in [0.5, 0.6) is 5.75 Å². The molecule has 0 unspecified atom stereocenters. The van der Waals surface area contributed by atoms with Crippen molar-refractivity contribution in [2.24, 2.45) is 0 Å². The topological polar surface area (TPSA) is 82.7 Å². The molecular weight excluding hydrogens is 366 g/mol. The minimum Gasteiger partial charge on any atom is -0.494 e. The summed E-state index contributed by atoms with van der Waals surface area (Å²) in [6, 6.07) is 8.75. The van der Waals surface area contributed by atoms with Gasteiger partial charge in [0.25, 0.3) is 5.91 Å². The Balaban J connectivity index is 1.70. The summed E-state index contributed by atoms with van der Waals surface area (Å²) >= 11 is 0. The van der Waals surface area contributed by atoms with E-state index < -0.39 is 10.0 Å². The van der Waals surface area contributed by atoms with Gasteiger partial charge in [-0.1, -0.05) is 12.1 Å². The molecule has 1 aromatic carbocycles. The fraction of sp³-hybridized carbons (Fsp3) is 0.421. The molecule has 0 aliphatic carbocycles. The lowest BCUT2D eigenvalue weighted by molar-refractivity contribution is 0.0787. The molecule has 0 spiro atoms. The Bertz CT molecular complexity index is 884. The highest BCUT2D eigenvalue weighted by Gasteiger charge is 2.26. The van der Waals surface area contributed by atoms with Gasteiger partial charge in [-0.05, 0) is 43.5 Å². The molecule has 1 N–H and O–H groups in total. The first-order chi connectivity index (χ1) is 12.9. The van der Waals surface area contributed by atoms with Crippen LogP contribution in [0.25, 0.3) is 0 Å². The van der Waals surface area contributed by atoms with Crippen LogP contribution in [0, 0.1) is 0 Å². The predicted molar refractivity (Wildman–Crippen MR) is 102 cm³/mol. The first kappa shape index (κ1) is 19.4. The van der Waals surface area contributed by atoms with Gasteiger partial charge in [0.15, 0.2) is 0 Å². The number of benzene rings is 1. The molecule has 0 atom stereocenters. The van der Waals surface area contributed by atoms with E-state index in [0.717, 1.165) is 37.2 Å². The summed E-state index contributed by atoms with van der Waals surface area (Å²) < 4.78 is 32.3. The van der Waals surface area contributed by atoms with Crippen molar-refractivity contribution < 1.29 is 17.9 Å². The molecule has 2 heterocycles. The molecular formula is C19H25N3O4S. The van der Waals surface area contributed by atoms with E-state index in [4.69, 9.17) is 4.74 Å². The normalized spacial score (nSPS) is 14.7. The highest BCUT2D eigenvalue weighted by Crippen LogP contribution is 2.21. The molecule has 0 bridgehead atoms. The molecule has 0 saturated carbocycles. The van der Waals surface area contributed by atoms with Crippen LogP contribution in [-0.4, -0.2) is 55.3 Å². The fourth-order valence-corrected chi connectivity index (χ4v) is 4.27. The lowest BCUT2D eigenvalue weighted by Crippen LogP contribution is -2.28. The second kappa shape index (κ2) is 8.14. The molecule has 7 nitrogen and oxygen atoms in total. The number of carbonyl (C=O) groups is 1. The molecule has 0 radical (unpaired) electrons. The summed E-state index contributed by atoms with van der Waals surface area (Å²) in [7, 11) is -2.17. The number of ether oxygens (including phenoxy) is 1. The highest BCUT2D eigenvalue weighted by atomic mass is 32.2. The Hall–Kier alpha value is -2.32. The quantitative estimate of drug-likeness (QED) is 0.786. The Labute approximate surface area is 160 Å². The van der Waals surface area contributed by atoms with Gasteiger partial charge in [0.2, 0.25) is 10.0 Å². The van der Waals surface area contributed by atoms with Gasteiger partial charge in [-0.25, -0.2) is 8.42 Å². The monoisotopic (exact) mass is 391 g/mol. The predicted octanol–water partition coefficient (Wildman–Crippen LogP) is 2.47. The van der Waals surface area contributed by atoms with Crippen LogP contribution in [0.4, 0.5) is 0 Å². The minimum absolute atomic E-state index is 0.0958. The van der Waals surface area contributed by atoms with Gasteiger partial charge >= 0.3 is 0 Å². The van der Waals surface area contributed by atoms with Crippen molar-refractivity contribution in [3.8, 4) is 5.75 Å². The van der Waals surface area contributed by atoms with Crippen molar-refractivity contribution in [3.63, 3.8) is 0 Å². The van der Waals surface area contributed by atoms with E-state index in [-0.39, 0.29) is 17.3 Å². The third-order valence-electron chi connectivity index (χ3n) is 4.63. The van der Waals surface area contributed by atoms with E-state index in [9.17, 15) is 13.2 Å². The second-order valence-corrected chi connectivity index (χ2v) is 8.63. The Morgan fingerprint density at radius 2 is 1.89 bits per heavy atom. The Morgan fingerprint density at radius 3 is 2.52 bits per heavy atom. The van der Waals surface area contributed by atoms with Crippen LogP contribution < -0.4 is 4.74 Å². The largest absolute Gasteiger partial charge is 0.494 e. The Kier molecular flexibility index (Phi) is 5.86. The SMILES string of the molecule is CCOc1ccc(CN(C)S(=O)(=O)c2c[nH]c(C(=O)N3CCCC3)c2)cc1. The summed E-state index contributed by atoms with van der Waals surface area (Å²) in [6.45, 7) is 4.16. The second-order valence-electron chi connectivity index (χ2n) is 6.59. The first-order valence-electron chi connectivity index (χ1n) is 9.07. The van der Waals surface area contributed by atoms with Gasteiger partial charge in [0.05, 0.1) is 6.61 Å². The molecule has 1 amide bonds. The zero-order chi connectivity index (χ0) is 19.4. The number of hydrogen-bond acceptors (Lipinski definition) is 4. The van der Waals surface area contributed by atoms with Crippen molar-refractivity contribution in [2.45, 2.75) is 31.2 Å². The maximum Gasteiger partial charge on any atom is 0.270 e. The smallest absolute Gasteiger partial charge is 0.270 e. The summed E-state index contributed by atoms with van der Waals surface area (Å²) in [5.41, 5.74) is 1.17. The summed E-state index contributed by atoms with van der Waals surface area (Å²) in [6.07, 6.45) is 3.36. The molecule has 27 heavy (non-hydrogen) atoms. The van der Waals surface area contributed by atoms with Crippen LogP contribution in [0.2, 0.25) is 0 Å². The zero-order valence-corrected chi connectivity index (χ0v) is 16.5. The Morgan fingerprint density at radius 1 is 1.22 bits per heavy atom. The molecule has 1 aliphatic rings. The summed E-state index contributed by atoms with van der Waals surface area (Å²) in [5.74, 6) is 0.602. The number of carbonyl (C=O) groups excluding carboxylic acids is 1. The van der Waals surface area contributed by atoms with Gasteiger partial charge < -0.3 is 14.6 Å². The third-order valence-corrected chi connectivity index (χ3v) is 6.41. The van der Waals surface area contributed by atoms with Crippen LogP contribution >= 0.6 is 0 Å². The van der Waals surface area contributed by atoms with Crippen molar-refractivity contribution in [3.05, 3.63) is 47.8 Å². The van der Waals surface area contributed by atoms with Crippen LogP contribution in [0.3, 0.4) is 0 Å². The zero-order valence-electron chi connectivity index (χ0n) is 15.6. The van der Waals surface area contributed by atoms with Crippen LogP contribution in [0.15, 0.2) is 41.4 Å². The molecule has 1 aliphatic heterocycles. The number of sulfonamides is 1. The molecule has 1 aromatic heterocycles. The van der Waals surface area contributed by atoms with E-state index >= 15 is 0 Å². The van der Waals surface area contributed by atoms with E-state index in [1.165, 1.54) is 23.6 Å². The number of nitrogens with one attached hydrogen (secondary N) is 1. The molecule has 8 heteroatoms. The van der Waals surface area contributed by atoms with E-state index in [0.29, 0.717) is 12.3 Å². The van der Waals surface area contributed by atoms with Crippen LogP contribution in [0.1, 0.15) is 35.8 Å². The highest BCUT2D eigenvalue weighted by molar-refractivity contribution is 7.89. The van der Waals surface area contributed by atoms with Gasteiger partial charge in [-0.15, -0.1) is 0 Å². The number of hydrogen-bond donors (Lipinski definition) is 1. The molecule has 146 valence electrons. The summed E-state index contributed by atoms with van der Waals surface area (Å²) in [5, 5.41) is 0. The average molecular weight is 391 g/mol. The first-order valence-corrected chi connectivity index (χ1v) is 10.5. The lowest BCUT2D eigenvalue weighted by atomic mass is 10.2. The number of aromatic amines is 1. The number of H-pyrrole nitrogens is 1. The molecule has 2 aromatic rings. The van der Waals surface area contributed by atoms with Gasteiger partial charge in [-0.2, -0.15) is 4.31 Å². The van der Waals surface area contributed by atoms with Crippen molar-refractivity contribution in [1.82, 2.24) is 14.2 Å². The molecule has 1 fully saturated rings. The van der Waals surface area contributed by atoms with Crippen LogP contribution in [-0.2, 0) is 16.6 Å². The van der Waals surface area contributed by atoms with Gasteiger partial charge in [0.1, 0.15) is 16.3 Å². The van der Waals surface area contributed by atoms with E-state index in [1.54, 1.807) is 4.90 Å². The third kappa shape index (κ3) is 4.33. The van der Waals surface area contributed by atoms with E-state index in [1.807, 2.05) is 31.2 Å². The van der Waals surface area contributed by atoms with E-state index in [2.05, 4.69) is 4.98 Å². The van der Waals surface area contributed by atoms with Gasteiger partial charge in [0, 0.05) is 32.9 Å². The standard InChI is InChI=1S/C19H25N3O4S/c1-3-26-16-8-6-15(7-9-16)14-21(2)27(24,25)17-12-18(20-13-17)19(23)22-10-4-5-11-22/h6-9,12-13,20H,3-5,10-11,14H2,1-2H3. The summed E-state index contributed by atoms with van der Waals surface area (Å²) in [4.78, 5) is 17.1. The number of rotatable bonds is 7. The average Bonchev–Trinajstić information content (AvgIpc) is 3.35. The van der Waals surface area contributed by atoms with Crippen molar-refractivity contribution in [2.75, 3.05) is 26.7 Å². The molecule has 1 saturated heterocycles. The lowest BCUT2D eigenvalue weighted by Gasteiger charge is -2.16.